The van der Waals surface area contributed by atoms with E-state index in [0.717, 1.165) is 0 Å². The van der Waals surface area contributed by atoms with Gasteiger partial charge in [0, 0.05) is 18.2 Å². The monoisotopic (exact) mass is 225 g/mol. The van der Waals surface area contributed by atoms with Crippen LogP contribution in [0.1, 0.15) is 19.4 Å². The van der Waals surface area contributed by atoms with Crippen LogP contribution in [0.5, 0.6) is 0 Å². The van der Waals surface area contributed by atoms with Crippen molar-refractivity contribution in [2.45, 2.75) is 26.4 Å². The normalized spacial score (nSPS) is 14.4. The lowest BCUT2D eigenvalue weighted by molar-refractivity contribution is -0.141. The maximum atomic E-state index is 13.2. The highest BCUT2D eigenvalue weighted by Gasteiger charge is 2.18. The van der Waals surface area contributed by atoms with Gasteiger partial charge in [-0.05, 0) is 13.0 Å². The van der Waals surface area contributed by atoms with Crippen LogP contribution in [0.2, 0.25) is 0 Å². The van der Waals surface area contributed by atoms with Crippen molar-refractivity contribution >= 4 is 5.97 Å². The first-order valence-corrected chi connectivity index (χ1v) is 5.22. The Bertz CT molecular complexity index is 368. The van der Waals surface area contributed by atoms with E-state index < -0.39 is 11.9 Å². The highest BCUT2D eigenvalue weighted by atomic mass is 19.1. The van der Waals surface area contributed by atoms with Gasteiger partial charge < -0.3 is 10.4 Å². The van der Waals surface area contributed by atoms with Crippen molar-refractivity contribution in [2.75, 3.05) is 0 Å². The zero-order valence-corrected chi connectivity index (χ0v) is 9.40. The molecule has 4 heteroatoms. The zero-order chi connectivity index (χ0) is 12.1. The Labute approximate surface area is 94.3 Å². The summed E-state index contributed by atoms with van der Waals surface area (Å²) in [6, 6.07) is 6.26. The van der Waals surface area contributed by atoms with Crippen molar-refractivity contribution < 1.29 is 14.3 Å². The minimum absolute atomic E-state index is 0.197. The maximum absolute atomic E-state index is 13.2. The van der Waals surface area contributed by atoms with E-state index in [1.54, 1.807) is 32.0 Å². The van der Waals surface area contributed by atoms with Gasteiger partial charge >= 0.3 is 5.97 Å². The molecule has 0 aliphatic carbocycles. The van der Waals surface area contributed by atoms with Crippen molar-refractivity contribution in [3.05, 3.63) is 35.6 Å². The molecule has 0 spiro atoms. The lowest BCUT2D eigenvalue weighted by atomic mass is 10.0. The number of benzene rings is 1. The first-order chi connectivity index (χ1) is 7.52. The Hall–Kier alpha value is -1.42. The summed E-state index contributed by atoms with van der Waals surface area (Å²) in [4.78, 5) is 10.7. The number of carbonyl (C=O) groups is 1. The molecule has 0 fully saturated rings. The lowest BCUT2D eigenvalue weighted by Crippen LogP contribution is -2.35. The molecule has 0 aliphatic rings. The fraction of sp³-hybridized carbons (Fsp3) is 0.417. The van der Waals surface area contributed by atoms with Crippen LogP contribution in [0.3, 0.4) is 0 Å². The molecule has 0 amide bonds. The largest absolute Gasteiger partial charge is 0.481 e. The summed E-state index contributed by atoms with van der Waals surface area (Å²) in [6.45, 7) is 3.74. The van der Waals surface area contributed by atoms with E-state index in [2.05, 4.69) is 5.32 Å². The molecule has 0 heterocycles. The summed E-state index contributed by atoms with van der Waals surface area (Å²) in [5.41, 5.74) is 0.548. The average Bonchev–Trinajstić information content (AvgIpc) is 2.26. The summed E-state index contributed by atoms with van der Waals surface area (Å²) in [7, 11) is 0. The highest BCUT2D eigenvalue weighted by Crippen LogP contribution is 2.08. The van der Waals surface area contributed by atoms with E-state index in [1.165, 1.54) is 6.07 Å². The van der Waals surface area contributed by atoms with Gasteiger partial charge in [0.2, 0.25) is 0 Å². The number of nitrogens with one attached hydrogen (secondary N) is 1. The van der Waals surface area contributed by atoms with Crippen LogP contribution in [0.25, 0.3) is 0 Å². The quantitative estimate of drug-likeness (QED) is 0.806. The van der Waals surface area contributed by atoms with Gasteiger partial charge in [-0.25, -0.2) is 4.39 Å². The molecule has 0 saturated carbocycles. The van der Waals surface area contributed by atoms with Crippen molar-refractivity contribution in [3.8, 4) is 0 Å². The lowest BCUT2D eigenvalue weighted by Gasteiger charge is -2.17. The molecule has 2 N–H and O–H groups in total. The van der Waals surface area contributed by atoms with E-state index in [0.29, 0.717) is 12.1 Å². The Morgan fingerprint density at radius 2 is 2.06 bits per heavy atom. The molecule has 0 radical (unpaired) electrons. The van der Waals surface area contributed by atoms with Crippen LogP contribution in [0.15, 0.2) is 24.3 Å². The molecule has 0 unspecified atom stereocenters. The van der Waals surface area contributed by atoms with Crippen LogP contribution >= 0.6 is 0 Å². The topological polar surface area (TPSA) is 49.3 Å². The van der Waals surface area contributed by atoms with Crippen molar-refractivity contribution in [2.24, 2.45) is 5.92 Å². The summed E-state index contributed by atoms with van der Waals surface area (Å²) in [5, 5.41) is 11.8. The van der Waals surface area contributed by atoms with Gasteiger partial charge in [-0.2, -0.15) is 0 Å². The third kappa shape index (κ3) is 3.31. The smallest absolute Gasteiger partial charge is 0.307 e. The zero-order valence-electron chi connectivity index (χ0n) is 9.40. The van der Waals surface area contributed by atoms with Crippen LogP contribution < -0.4 is 5.32 Å². The van der Waals surface area contributed by atoms with Crippen molar-refractivity contribution in [3.63, 3.8) is 0 Å². The maximum Gasteiger partial charge on any atom is 0.307 e. The number of carboxylic acid groups (broad SMARTS) is 1. The third-order valence-corrected chi connectivity index (χ3v) is 2.71. The van der Waals surface area contributed by atoms with E-state index in [9.17, 15) is 9.18 Å². The molecule has 0 bridgehead atoms. The predicted octanol–water partition coefficient (Wildman–Crippen LogP) is 2.02. The van der Waals surface area contributed by atoms with Crippen LogP contribution in [-0.2, 0) is 11.3 Å². The van der Waals surface area contributed by atoms with E-state index >= 15 is 0 Å². The fourth-order valence-electron chi connectivity index (χ4n) is 1.30. The predicted molar refractivity (Wildman–Crippen MR) is 59.5 cm³/mol. The van der Waals surface area contributed by atoms with Gasteiger partial charge in [0.15, 0.2) is 0 Å². The Balaban J connectivity index is 2.52. The van der Waals surface area contributed by atoms with Gasteiger partial charge in [0.1, 0.15) is 5.82 Å². The number of hydrogen-bond donors (Lipinski definition) is 2. The molecule has 1 rings (SSSR count). The summed E-state index contributed by atoms with van der Waals surface area (Å²) in [6.07, 6.45) is 0. The Kier molecular flexibility index (Phi) is 4.43. The van der Waals surface area contributed by atoms with Crippen molar-refractivity contribution in [1.29, 1.82) is 0 Å². The molecule has 0 saturated heterocycles. The Morgan fingerprint density at radius 3 is 2.62 bits per heavy atom. The number of aliphatic carboxylic acids is 1. The molecule has 2 atom stereocenters. The molecule has 3 nitrogen and oxygen atoms in total. The van der Waals surface area contributed by atoms with E-state index in [1.807, 2.05) is 0 Å². The second kappa shape index (κ2) is 5.61. The summed E-state index contributed by atoms with van der Waals surface area (Å²) in [5.74, 6) is -1.62. The van der Waals surface area contributed by atoms with E-state index in [-0.39, 0.29) is 11.9 Å². The SMILES string of the molecule is C[C@H](NCc1ccccc1F)[C@H](C)C(=O)O. The molecule has 1 aromatic rings. The van der Waals surface area contributed by atoms with Crippen LogP contribution in [0, 0.1) is 11.7 Å². The van der Waals surface area contributed by atoms with Gasteiger partial charge in [0.25, 0.3) is 0 Å². The van der Waals surface area contributed by atoms with E-state index in [4.69, 9.17) is 5.11 Å². The van der Waals surface area contributed by atoms with Gasteiger partial charge in [-0.1, -0.05) is 25.1 Å². The highest BCUT2D eigenvalue weighted by molar-refractivity contribution is 5.70. The first-order valence-electron chi connectivity index (χ1n) is 5.22. The summed E-state index contributed by atoms with van der Waals surface area (Å²) >= 11 is 0. The fourth-order valence-corrected chi connectivity index (χ4v) is 1.30. The molecule has 0 aliphatic heterocycles. The molecular formula is C12H16FNO2. The van der Waals surface area contributed by atoms with Gasteiger partial charge in [-0.15, -0.1) is 0 Å². The van der Waals surface area contributed by atoms with Crippen molar-refractivity contribution in [1.82, 2.24) is 5.32 Å². The summed E-state index contributed by atoms with van der Waals surface area (Å²) < 4.78 is 13.2. The van der Waals surface area contributed by atoms with Gasteiger partial charge in [-0.3, -0.25) is 4.79 Å². The first kappa shape index (κ1) is 12.6. The third-order valence-electron chi connectivity index (χ3n) is 2.71. The Morgan fingerprint density at radius 1 is 1.44 bits per heavy atom. The number of halogens is 1. The second-order valence-electron chi connectivity index (χ2n) is 3.89. The minimum atomic E-state index is -0.853. The van der Waals surface area contributed by atoms with Crippen LogP contribution in [-0.4, -0.2) is 17.1 Å². The molecule has 16 heavy (non-hydrogen) atoms. The molecule has 1 aromatic carbocycles. The molecule has 88 valence electrons. The number of hydrogen-bond acceptors (Lipinski definition) is 2. The number of carboxylic acids is 1. The second-order valence-corrected chi connectivity index (χ2v) is 3.89. The average molecular weight is 225 g/mol. The minimum Gasteiger partial charge on any atom is -0.481 e. The molecule has 0 aromatic heterocycles. The van der Waals surface area contributed by atoms with Gasteiger partial charge in [0.05, 0.1) is 5.92 Å². The van der Waals surface area contributed by atoms with Crippen LogP contribution in [0.4, 0.5) is 4.39 Å². The number of rotatable bonds is 5. The standard InChI is InChI=1S/C12H16FNO2/c1-8(12(15)16)9(2)14-7-10-5-3-4-6-11(10)13/h3-6,8-9,14H,7H2,1-2H3,(H,15,16)/t8-,9-/m0/s1. The molecular weight excluding hydrogens is 209 g/mol.